The lowest BCUT2D eigenvalue weighted by molar-refractivity contribution is -0.137. The van der Waals surface area contributed by atoms with Crippen molar-refractivity contribution in [2.45, 2.75) is 19.5 Å². The molecule has 0 aromatic heterocycles. The van der Waals surface area contributed by atoms with Gasteiger partial charge in [-0.05, 0) is 43.6 Å². The topological polar surface area (TPSA) is 15.3 Å². The summed E-state index contributed by atoms with van der Waals surface area (Å²) in [7, 11) is 0. The smallest absolute Gasteiger partial charge is 0.384 e. The maximum Gasteiger partial charge on any atom is 0.418 e. The Balaban J connectivity index is 2.04. The number of anilines is 1. The molecule has 1 aromatic carbocycles. The van der Waals surface area contributed by atoms with Gasteiger partial charge in [-0.3, -0.25) is 0 Å². The lowest BCUT2D eigenvalue weighted by atomic mass is 10.1. The first-order valence-electron chi connectivity index (χ1n) is 6.73. The first kappa shape index (κ1) is 15.6. The fraction of sp³-hybridized carbons (Fsp3) is 0.571. The van der Waals surface area contributed by atoms with Gasteiger partial charge in [0.05, 0.1) is 5.56 Å². The number of alkyl halides is 3. The van der Waals surface area contributed by atoms with E-state index in [0.717, 1.165) is 32.1 Å². The maximum absolute atomic E-state index is 12.9. The van der Waals surface area contributed by atoms with Crippen LogP contribution in [0.4, 0.5) is 18.9 Å². The van der Waals surface area contributed by atoms with Crippen LogP contribution in [-0.4, -0.2) is 31.1 Å². The van der Waals surface area contributed by atoms with Gasteiger partial charge in [-0.25, -0.2) is 0 Å². The van der Waals surface area contributed by atoms with Gasteiger partial charge < -0.3 is 10.2 Å². The second-order valence-electron chi connectivity index (χ2n) is 5.12. The number of hydrogen-bond acceptors (Lipinski definition) is 2. The second-order valence-corrected chi connectivity index (χ2v) is 6.03. The summed E-state index contributed by atoms with van der Waals surface area (Å²) < 4.78 is 39.4. The summed E-state index contributed by atoms with van der Waals surface area (Å²) >= 11 is 3.22. The van der Waals surface area contributed by atoms with Crippen molar-refractivity contribution >= 4 is 21.6 Å². The monoisotopic (exact) mass is 350 g/mol. The third-order valence-corrected chi connectivity index (χ3v) is 4.18. The number of nitrogens with one attached hydrogen (secondary N) is 1. The first-order valence-corrected chi connectivity index (χ1v) is 7.52. The molecule has 6 heteroatoms. The summed E-state index contributed by atoms with van der Waals surface area (Å²) in [5.41, 5.74) is -0.451. The van der Waals surface area contributed by atoms with Crippen molar-refractivity contribution < 1.29 is 13.2 Å². The van der Waals surface area contributed by atoms with E-state index < -0.39 is 11.7 Å². The molecule has 1 fully saturated rings. The molecule has 1 saturated heterocycles. The van der Waals surface area contributed by atoms with Gasteiger partial charge in [-0.15, -0.1) is 0 Å². The highest BCUT2D eigenvalue weighted by Gasteiger charge is 2.33. The van der Waals surface area contributed by atoms with Gasteiger partial charge in [0.1, 0.15) is 0 Å². The van der Waals surface area contributed by atoms with Crippen molar-refractivity contribution in [2.75, 3.05) is 31.5 Å². The molecule has 0 amide bonds. The summed E-state index contributed by atoms with van der Waals surface area (Å²) in [6.45, 7) is 5.68. The van der Waals surface area contributed by atoms with E-state index in [1.54, 1.807) is 0 Å². The standard InChI is InChI=1S/C14H18BrF3N2/c1-2-20-6-5-10(9-20)8-19-13-7-11(15)3-4-12(13)14(16,17)18/h3-4,7,10,19H,2,5-6,8-9H2,1H3. The Morgan fingerprint density at radius 1 is 1.40 bits per heavy atom. The van der Waals surface area contributed by atoms with Crippen LogP contribution in [0.25, 0.3) is 0 Å². The molecule has 20 heavy (non-hydrogen) atoms. The molecule has 1 aromatic rings. The minimum Gasteiger partial charge on any atom is -0.384 e. The molecule has 2 nitrogen and oxygen atoms in total. The van der Waals surface area contributed by atoms with Gasteiger partial charge >= 0.3 is 6.18 Å². The van der Waals surface area contributed by atoms with Crippen LogP contribution in [0.1, 0.15) is 18.9 Å². The Labute approximate surface area is 125 Å². The van der Waals surface area contributed by atoms with Crippen LogP contribution in [-0.2, 0) is 6.18 Å². The summed E-state index contributed by atoms with van der Waals surface area (Å²) in [5, 5.41) is 2.97. The summed E-state index contributed by atoms with van der Waals surface area (Å²) in [5.74, 6) is 0.412. The predicted octanol–water partition coefficient (Wildman–Crippen LogP) is 4.22. The molecule has 112 valence electrons. The largest absolute Gasteiger partial charge is 0.418 e. The molecule has 0 aliphatic carbocycles. The molecular weight excluding hydrogens is 333 g/mol. The van der Waals surface area contributed by atoms with E-state index in [2.05, 4.69) is 33.1 Å². The summed E-state index contributed by atoms with van der Waals surface area (Å²) in [6, 6.07) is 4.02. The number of likely N-dealkylation sites (tertiary alicyclic amines) is 1. The van der Waals surface area contributed by atoms with Crippen LogP contribution in [0, 0.1) is 5.92 Å². The maximum atomic E-state index is 12.9. The molecule has 0 radical (unpaired) electrons. The van der Waals surface area contributed by atoms with E-state index in [9.17, 15) is 13.2 Å². The quantitative estimate of drug-likeness (QED) is 0.874. The number of hydrogen-bond donors (Lipinski definition) is 1. The summed E-state index contributed by atoms with van der Waals surface area (Å²) in [6.07, 6.45) is -3.29. The Kier molecular flexibility index (Phi) is 4.96. The third kappa shape index (κ3) is 3.88. The highest BCUT2D eigenvalue weighted by atomic mass is 79.9. The highest BCUT2D eigenvalue weighted by molar-refractivity contribution is 9.10. The van der Waals surface area contributed by atoms with Crippen LogP contribution in [0.15, 0.2) is 22.7 Å². The molecular formula is C14H18BrF3N2. The first-order chi connectivity index (χ1) is 9.40. The van der Waals surface area contributed by atoms with Crippen molar-refractivity contribution in [2.24, 2.45) is 5.92 Å². The molecule has 1 aliphatic heterocycles. The van der Waals surface area contributed by atoms with Crippen LogP contribution < -0.4 is 5.32 Å². The number of nitrogens with zero attached hydrogens (tertiary/aromatic N) is 1. The van der Waals surface area contributed by atoms with Gasteiger partial charge in [0.15, 0.2) is 0 Å². The van der Waals surface area contributed by atoms with E-state index in [-0.39, 0.29) is 5.69 Å². The van der Waals surface area contributed by atoms with Crippen molar-refractivity contribution in [1.29, 1.82) is 0 Å². The highest BCUT2D eigenvalue weighted by Crippen LogP contribution is 2.36. The van der Waals surface area contributed by atoms with E-state index >= 15 is 0 Å². The Morgan fingerprint density at radius 3 is 2.75 bits per heavy atom. The predicted molar refractivity (Wildman–Crippen MR) is 77.9 cm³/mol. The molecule has 1 N–H and O–H groups in total. The average Bonchev–Trinajstić information content (AvgIpc) is 2.83. The van der Waals surface area contributed by atoms with Crippen molar-refractivity contribution in [3.8, 4) is 0 Å². The molecule has 1 aliphatic rings. The third-order valence-electron chi connectivity index (χ3n) is 3.69. The average molecular weight is 351 g/mol. The minimum absolute atomic E-state index is 0.154. The molecule has 0 bridgehead atoms. The van der Waals surface area contributed by atoms with Gasteiger partial charge in [0.2, 0.25) is 0 Å². The normalized spacial score (nSPS) is 20.4. The summed E-state index contributed by atoms with van der Waals surface area (Å²) in [4.78, 5) is 2.32. The fourth-order valence-electron chi connectivity index (χ4n) is 2.53. The Hall–Kier alpha value is -0.750. The van der Waals surface area contributed by atoms with Crippen LogP contribution in [0.5, 0.6) is 0 Å². The lowest BCUT2D eigenvalue weighted by Crippen LogP contribution is -2.23. The molecule has 0 saturated carbocycles. The SMILES string of the molecule is CCN1CCC(CNc2cc(Br)ccc2C(F)(F)F)C1. The van der Waals surface area contributed by atoms with E-state index in [4.69, 9.17) is 0 Å². The van der Waals surface area contributed by atoms with Gasteiger partial charge in [0.25, 0.3) is 0 Å². The van der Waals surface area contributed by atoms with Crippen molar-refractivity contribution in [3.63, 3.8) is 0 Å². The van der Waals surface area contributed by atoms with Gasteiger partial charge in [-0.2, -0.15) is 13.2 Å². The van der Waals surface area contributed by atoms with Gasteiger partial charge in [0, 0.05) is 23.2 Å². The van der Waals surface area contributed by atoms with Crippen LogP contribution in [0.3, 0.4) is 0 Å². The number of halogens is 4. The fourth-order valence-corrected chi connectivity index (χ4v) is 2.89. The van der Waals surface area contributed by atoms with E-state index in [0.29, 0.717) is 16.9 Å². The molecule has 1 unspecified atom stereocenters. The zero-order chi connectivity index (χ0) is 14.8. The van der Waals surface area contributed by atoms with Crippen molar-refractivity contribution in [1.82, 2.24) is 4.90 Å². The zero-order valence-corrected chi connectivity index (χ0v) is 12.9. The Bertz CT molecular complexity index is 462. The molecule has 1 heterocycles. The lowest BCUT2D eigenvalue weighted by Gasteiger charge is -2.18. The minimum atomic E-state index is -4.33. The van der Waals surface area contributed by atoms with Gasteiger partial charge in [-0.1, -0.05) is 22.9 Å². The molecule has 1 atom stereocenters. The number of rotatable bonds is 4. The van der Waals surface area contributed by atoms with Crippen molar-refractivity contribution in [3.05, 3.63) is 28.2 Å². The molecule has 2 rings (SSSR count). The number of benzene rings is 1. The van der Waals surface area contributed by atoms with Crippen LogP contribution in [0.2, 0.25) is 0 Å². The second kappa shape index (κ2) is 6.35. The van der Waals surface area contributed by atoms with Crippen LogP contribution >= 0.6 is 15.9 Å². The van der Waals surface area contributed by atoms with E-state index in [1.165, 1.54) is 12.1 Å². The van der Waals surface area contributed by atoms with E-state index in [1.807, 2.05) is 0 Å². The zero-order valence-electron chi connectivity index (χ0n) is 11.3. The molecule has 0 spiro atoms. The Morgan fingerprint density at radius 2 is 2.15 bits per heavy atom.